The molecule has 2 rings (SSSR count). The van der Waals surface area contributed by atoms with Gasteiger partial charge in [-0.25, -0.2) is 4.79 Å². The highest BCUT2D eigenvalue weighted by atomic mass is 16.6. The van der Waals surface area contributed by atoms with Crippen LogP contribution in [-0.4, -0.2) is 17.0 Å². The molecule has 110 valence electrons. The van der Waals surface area contributed by atoms with Gasteiger partial charge in [-0.3, -0.25) is 4.90 Å². The first-order valence-corrected chi connectivity index (χ1v) is 7.11. The number of hydrogen-bond donors (Lipinski definition) is 0. The van der Waals surface area contributed by atoms with Gasteiger partial charge in [-0.05, 0) is 26.3 Å². The van der Waals surface area contributed by atoms with Gasteiger partial charge in [-0.15, -0.1) is 5.73 Å². The Kier molecular flexibility index (Phi) is 4.66. The molecule has 1 aromatic carbocycles. The van der Waals surface area contributed by atoms with Crippen LogP contribution in [0.25, 0.3) is 0 Å². The topological polar surface area (TPSA) is 29.5 Å². The third-order valence-corrected chi connectivity index (χ3v) is 3.60. The molecule has 0 aliphatic carbocycles. The lowest BCUT2D eigenvalue weighted by Crippen LogP contribution is -2.30. The maximum absolute atomic E-state index is 12.2. The minimum atomic E-state index is -0.329. The van der Waals surface area contributed by atoms with Crippen LogP contribution in [-0.2, 0) is 4.74 Å². The largest absolute Gasteiger partial charge is 0.439 e. The SMILES string of the molecule is C=C=C(CC=C(C)C)N1C(=O)O[C@H](c2ccccc2)[C@H]1C. The smallest absolute Gasteiger partial charge is 0.415 e. The summed E-state index contributed by atoms with van der Waals surface area (Å²) in [6, 6.07) is 9.73. The van der Waals surface area contributed by atoms with Crippen LogP contribution in [0.5, 0.6) is 0 Å². The van der Waals surface area contributed by atoms with E-state index in [1.54, 1.807) is 4.90 Å². The van der Waals surface area contributed by atoms with Crippen molar-refractivity contribution in [3.63, 3.8) is 0 Å². The number of hydrogen-bond acceptors (Lipinski definition) is 2. The highest BCUT2D eigenvalue weighted by Gasteiger charge is 2.41. The van der Waals surface area contributed by atoms with Gasteiger partial charge < -0.3 is 4.74 Å². The Morgan fingerprint density at radius 1 is 1.38 bits per heavy atom. The molecule has 3 nitrogen and oxygen atoms in total. The second-order valence-corrected chi connectivity index (χ2v) is 5.43. The lowest BCUT2D eigenvalue weighted by molar-refractivity contribution is 0.131. The number of carbonyl (C=O) groups is 1. The van der Waals surface area contributed by atoms with E-state index in [4.69, 9.17) is 4.74 Å². The summed E-state index contributed by atoms with van der Waals surface area (Å²) in [7, 11) is 0. The van der Waals surface area contributed by atoms with Crippen LogP contribution in [0.15, 0.2) is 60.0 Å². The van der Waals surface area contributed by atoms with Gasteiger partial charge in [0.05, 0.1) is 11.7 Å². The first-order valence-electron chi connectivity index (χ1n) is 7.11. The normalized spacial score (nSPS) is 20.7. The Hall–Kier alpha value is -2.25. The van der Waals surface area contributed by atoms with Crippen LogP contribution >= 0.6 is 0 Å². The van der Waals surface area contributed by atoms with Gasteiger partial charge in [-0.1, -0.05) is 48.6 Å². The molecule has 1 amide bonds. The van der Waals surface area contributed by atoms with E-state index in [1.807, 2.05) is 51.1 Å². The van der Waals surface area contributed by atoms with Gasteiger partial charge in [0.1, 0.15) is 6.10 Å². The maximum Gasteiger partial charge on any atom is 0.415 e. The summed E-state index contributed by atoms with van der Waals surface area (Å²) >= 11 is 0. The van der Waals surface area contributed by atoms with E-state index in [0.29, 0.717) is 6.42 Å². The van der Waals surface area contributed by atoms with Crippen molar-refractivity contribution in [3.05, 3.63) is 65.6 Å². The van der Waals surface area contributed by atoms with E-state index in [0.717, 1.165) is 11.3 Å². The number of benzene rings is 1. The Labute approximate surface area is 126 Å². The minimum Gasteiger partial charge on any atom is -0.439 e. The lowest BCUT2D eigenvalue weighted by Gasteiger charge is -2.21. The van der Waals surface area contributed by atoms with Crippen molar-refractivity contribution in [1.82, 2.24) is 4.90 Å². The second kappa shape index (κ2) is 6.47. The van der Waals surface area contributed by atoms with Gasteiger partial charge in [-0.2, -0.15) is 0 Å². The first kappa shape index (κ1) is 15.1. The van der Waals surface area contributed by atoms with Gasteiger partial charge >= 0.3 is 6.09 Å². The second-order valence-electron chi connectivity index (χ2n) is 5.43. The summed E-state index contributed by atoms with van der Waals surface area (Å²) in [6.07, 6.45) is 2.11. The number of cyclic esters (lactones) is 1. The predicted molar refractivity (Wildman–Crippen MR) is 83.7 cm³/mol. The molecule has 21 heavy (non-hydrogen) atoms. The van der Waals surface area contributed by atoms with Crippen LogP contribution in [0.2, 0.25) is 0 Å². The van der Waals surface area contributed by atoms with Crippen LogP contribution in [0, 0.1) is 0 Å². The van der Waals surface area contributed by atoms with E-state index in [9.17, 15) is 4.79 Å². The third-order valence-electron chi connectivity index (χ3n) is 3.60. The first-order chi connectivity index (χ1) is 10.0. The summed E-state index contributed by atoms with van der Waals surface area (Å²) < 4.78 is 5.54. The van der Waals surface area contributed by atoms with Gasteiger partial charge in [0, 0.05) is 6.42 Å². The Bertz CT molecular complexity index is 593. The molecule has 1 heterocycles. The Balaban J connectivity index is 2.24. The average Bonchev–Trinajstić information content (AvgIpc) is 2.77. The van der Waals surface area contributed by atoms with E-state index in [-0.39, 0.29) is 18.2 Å². The molecule has 2 atom stereocenters. The molecule has 1 aliphatic heterocycles. The van der Waals surface area contributed by atoms with Crippen molar-refractivity contribution < 1.29 is 9.53 Å². The number of carbonyl (C=O) groups excluding carboxylic acids is 1. The van der Waals surface area contributed by atoms with Crippen molar-refractivity contribution in [2.75, 3.05) is 0 Å². The zero-order valence-corrected chi connectivity index (χ0v) is 12.8. The summed E-state index contributed by atoms with van der Waals surface area (Å²) in [5.74, 6) is 0. The molecule has 0 radical (unpaired) electrons. The predicted octanol–water partition coefficient (Wildman–Crippen LogP) is 4.59. The van der Waals surface area contributed by atoms with Crippen LogP contribution in [0.4, 0.5) is 4.79 Å². The lowest BCUT2D eigenvalue weighted by atomic mass is 10.0. The molecule has 0 bridgehead atoms. The van der Waals surface area contributed by atoms with Gasteiger partial charge in [0.25, 0.3) is 0 Å². The monoisotopic (exact) mass is 283 g/mol. The molecule has 1 aliphatic rings. The molecule has 1 aromatic rings. The highest BCUT2D eigenvalue weighted by Crippen LogP contribution is 2.35. The fraction of sp³-hybridized carbons (Fsp3) is 0.333. The van der Waals surface area contributed by atoms with Crippen molar-refractivity contribution >= 4 is 6.09 Å². The van der Waals surface area contributed by atoms with Gasteiger partial charge in [0.15, 0.2) is 0 Å². The molecule has 1 saturated heterocycles. The van der Waals surface area contributed by atoms with Crippen molar-refractivity contribution in [1.29, 1.82) is 0 Å². The molecule has 0 saturated carbocycles. The van der Waals surface area contributed by atoms with E-state index >= 15 is 0 Å². The molecule has 1 fully saturated rings. The quantitative estimate of drug-likeness (QED) is 0.597. The molecular formula is C18H21NO2. The fourth-order valence-electron chi connectivity index (χ4n) is 2.47. The van der Waals surface area contributed by atoms with E-state index in [2.05, 4.69) is 18.4 Å². The number of allylic oxidation sites excluding steroid dienone is 2. The molecule has 0 unspecified atom stereocenters. The number of rotatable bonds is 4. The highest BCUT2D eigenvalue weighted by molar-refractivity contribution is 5.73. The standard InChI is InChI=1S/C18H21NO2/c1-5-16(12-11-13(2)3)19-14(4)17(21-18(19)20)15-9-7-6-8-10-15/h6-11,14,17H,1,12H2,2-4H3/t14-,17+/m1/s1. The average molecular weight is 283 g/mol. The fourth-order valence-corrected chi connectivity index (χ4v) is 2.47. The van der Waals surface area contributed by atoms with Crippen molar-refractivity contribution in [2.45, 2.75) is 39.3 Å². The zero-order chi connectivity index (χ0) is 15.4. The number of nitrogens with zero attached hydrogens (tertiary/aromatic N) is 1. The third kappa shape index (κ3) is 3.26. The minimum absolute atomic E-state index is 0.0743. The van der Waals surface area contributed by atoms with Crippen LogP contribution in [0.3, 0.4) is 0 Å². The van der Waals surface area contributed by atoms with Crippen LogP contribution < -0.4 is 0 Å². The van der Waals surface area contributed by atoms with Crippen molar-refractivity contribution in [3.8, 4) is 0 Å². The number of amides is 1. The zero-order valence-electron chi connectivity index (χ0n) is 12.8. The van der Waals surface area contributed by atoms with Crippen molar-refractivity contribution in [2.24, 2.45) is 0 Å². The maximum atomic E-state index is 12.2. The summed E-state index contributed by atoms with van der Waals surface area (Å²) in [6.45, 7) is 9.75. The molecule has 3 heteroatoms. The summed E-state index contributed by atoms with van der Waals surface area (Å²) in [5.41, 5.74) is 5.84. The molecule has 0 aromatic heterocycles. The van der Waals surface area contributed by atoms with E-state index in [1.165, 1.54) is 5.57 Å². The molecule has 0 N–H and O–H groups in total. The molecular weight excluding hydrogens is 262 g/mol. The van der Waals surface area contributed by atoms with Crippen LogP contribution in [0.1, 0.15) is 38.9 Å². The van der Waals surface area contributed by atoms with E-state index < -0.39 is 0 Å². The Morgan fingerprint density at radius 2 is 2.05 bits per heavy atom. The summed E-state index contributed by atoms with van der Waals surface area (Å²) in [5, 5.41) is 0. The molecule has 0 spiro atoms. The summed E-state index contributed by atoms with van der Waals surface area (Å²) in [4.78, 5) is 13.9. The number of ether oxygens (including phenoxy) is 1. The van der Waals surface area contributed by atoms with Gasteiger partial charge in [0.2, 0.25) is 0 Å². The Morgan fingerprint density at radius 3 is 2.62 bits per heavy atom.